The van der Waals surface area contributed by atoms with Gasteiger partial charge in [0.15, 0.2) is 0 Å². The summed E-state index contributed by atoms with van der Waals surface area (Å²) in [5.74, 6) is 0. The summed E-state index contributed by atoms with van der Waals surface area (Å²) in [6.07, 6.45) is -1.72. The second-order valence-corrected chi connectivity index (χ2v) is 3.47. The first kappa shape index (κ1) is 10.4. The molecule has 5 heteroatoms. The second kappa shape index (κ2) is 3.81. The van der Waals surface area contributed by atoms with Crippen LogP contribution in [0.5, 0.6) is 0 Å². The Kier molecular flexibility index (Phi) is 2.65. The van der Waals surface area contributed by atoms with Crippen molar-refractivity contribution < 1.29 is 17.9 Å². The van der Waals surface area contributed by atoms with E-state index in [1.807, 2.05) is 0 Å². The molecule has 1 fully saturated rings. The van der Waals surface area contributed by atoms with E-state index < -0.39 is 11.9 Å². The van der Waals surface area contributed by atoms with Gasteiger partial charge in [-0.15, -0.1) is 0 Å². The monoisotopic (exact) mass is 217 g/mol. The molecule has 0 saturated carbocycles. The van der Waals surface area contributed by atoms with Crippen molar-refractivity contribution in [1.82, 2.24) is 4.98 Å². The molecule has 0 bridgehead atoms. The van der Waals surface area contributed by atoms with E-state index in [0.717, 1.165) is 18.9 Å². The van der Waals surface area contributed by atoms with Crippen molar-refractivity contribution in [2.45, 2.75) is 25.1 Å². The van der Waals surface area contributed by atoms with Crippen LogP contribution in [-0.4, -0.2) is 11.6 Å². The minimum atomic E-state index is -4.38. The van der Waals surface area contributed by atoms with E-state index in [-0.39, 0.29) is 6.10 Å². The molecule has 0 radical (unpaired) electrons. The van der Waals surface area contributed by atoms with Gasteiger partial charge in [-0.3, -0.25) is 4.98 Å². The van der Waals surface area contributed by atoms with E-state index in [2.05, 4.69) is 4.98 Å². The van der Waals surface area contributed by atoms with E-state index in [1.54, 1.807) is 6.07 Å². The quantitative estimate of drug-likeness (QED) is 0.721. The number of aromatic nitrogens is 1. The maximum Gasteiger partial charge on any atom is 0.433 e. The van der Waals surface area contributed by atoms with Gasteiger partial charge in [-0.1, -0.05) is 0 Å². The maximum absolute atomic E-state index is 12.4. The molecule has 0 amide bonds. The summed E-state index contributed by atoms with van der Waals surface area (Å²) in [7, 11) is 0. The molecule has 0 aromatic carbocycles. The van der Waals surface area contributed by atoms with Gasteiger partial charge in [-0.05, 0) is 30.5 Å². The lowest BCUT2D eigenvalue weighted by molar-refractivity contribution is -0.141. The zero-order chi connectivity index (χ0) is 10.9. The molecular formula is C10H10F3NO. The van der Waals surface area contributed by atoms with Crippen LogP contribution in [0.4, 0.5) is 13.2 Å². The second-order valence-electron chi connectivity index (χ2n) is 3.47. The number of rotatable bonds is 1. The molecule has 82 valence electrons. The average molecular weight is 217 g/mol. The first-order chi connectivity index (χ1) is 7.07. The summed E-state index contributed by atoms with van der Waals surface area (Å²) in [4.78, 5) is 3.30. The largest absolute Gasteiger partial charge is 0.433 e. The molecule has 1 aliphatic heterocycles. The van der Waals surface area contributed by atoms with Crippen molar-refractivity contribution in [3.63, 3.8) is 0 Å². The third-order valence-corrected chi connectivity index (χ3v) is 2.38. The van der Waals surface area contributed by atoms with Crippen LogP contribution >= 0.6 is 0 Å². The van der Waals surface area contributed by atoms with E-state index in [4.69, 9.17) is 4.74 Å². The Balaban J connectivity index is 2.26. The smallest absolute Gasteiger partial charge is 0.374 e. The van der Waals surface area contributed by atoms with Gasteiger partial charge in [0.05, 0.1) is 6.10 Å². The molecule has 1 aromatic heterocycles. The van der Waals surface area contributed by atoms with Crippen molar-refractivity contribution in [1.29, 1.82) is 0 Å². The molecule has 2 rings (SSSR count). The summed E-state index contributed by atoms with van der Waals surface area (Å²) in [5, 5.41) is 0. The van der Waals surface area contributed by atoms with Crippen LogP contribution in [-0.2, 0) is 10.9 Å². The Morgan fingerprint density at radius 1 is 1.40 bits per heavy atom. The lowest BCUT2D eigenvalue weighted by atomic mass is 10.1. The fourth-order valence-electron chi connectivity index (χ4n) is 1.64. The van der Waals surface area contributed by atoms with Crippen molar-refractivity contribution in [3.8, 4) is 0 Å². The highest BCUT2D eigenvalue weighted by molar-refractivity contribution is 5.21. The predicted molar refractivity (Wildman–Crippen MR) is 47.2 cm³/mol. The molecule has 0 aliphatic carbocycles. The van der Waals surface area contributed by atoms with Crippen molar-refractivity contribution in [3.05, 3.63) is 29.6 Å². The summed E-state index contributed by atoms with van der Waals surface area (Å²) in [6, 6.07) is 2.64. The number of alkyl halides is 3. The number of hydrogen-bond donors (Lipinski definition) is 0. The van der Waals surface area contributed by atoms with Crippen LogP contribution in [0.3, 0.4) is 0 Å². The first-order valence-electron chi connectivity index (χ1n) is 4.72. The molecule has 0 spiro atoms. The lowest BCUT2D eigenvalue weighted by Gasteiger charge is -2.11. The Labute approximate surface area is 85.1 Å². The molecule has 1 aromatic rings. The highest BCUT2D eigenvalue weighted by Crippen LogP contribution is 2.32. The van der Waals surface area contributed by atoms with Gasteiger partial charge in [-0.2, -0.15) is 13.2 Å². The third-order valence-electron chi connectivity index (χ3n) is 2.38. The van der Waals surface area contributed by atoms with Gasteiger partial charge in [0.25, 0.3) is 0 Å². The van der Waals surface area contributed by atoms with Crippen molar-refractivity contribution >= 4 is 0 Å². The number of nitrogens with zero attached hydrogens (tertiary/aromatic N) is 1. The first-order valence-corrected chi connectivity index (χ1v) is 4.72. The zero-order valence-electron chi connectivity index (χ0n) is 7.92. The van der Waals surface area contributed by atoms with Crippen LogP contribution < -0.4 is 0 Å². The molecular weight excluding hydrogens is 207 g/mol. The van der Waals surface area contributed by atoms with Crippen molar-refractivity contribution in [2.24, 2.45) is 0 Å². The van der Waals surface area contributed by atoms with Crippen LogP contribution in [0.15, 0.2) is 18.3 Å². The number of pyridine rings is 1. The normalized spacial score (nSPS) is 21.9. The Morgan fingerprint density at radius 3 is 2.80 bits per heavy atom. The molecule has 1 aliphatic rings. The predicted octanol–water partition coefficient (Wildman–Crippen LogP) is 2.95. The van der Waals surface area contributed by atoms with Crippen LogP contribution in [0, 0.1) is 0 Å². The SMILES string of the molecule is FC(F)(F)c1cc(C2CCCO2)ccn1. The van der Waals surface area contributed by atoms with Crippen LogP contribution in [0.2, 0.25) is 0 Å². The molecule has 2 heterocycles. The highest BCUT2D eigenvalue weighted by Gasteiger charge is 2.33. The lowest BCUT2D eigenvalue weighted by Crippen LogP contribution is -2.09. The molecule has 1 saturated heterocycles. The Bertz CT molecular complexity index is 345. The van der Waals surface area contributed by atoms with Gasteiger partial charge in [0.1, 0.15) is 5.69 Å². The van der Waals surface area contributed by atoms with Gasteiger partial charge >= 0.3 is 6.18 Å². The molecule has 1 unspecified atom stereocenters. The Morgan fingerprint density at radius 2 is 2.20 bits per heavy atom. The minimum Gasteiger partial charge on any atom is -0.374 e. The van der Waals surface area contributed by atoms with E-state index in [9.17, 15) is 13.2 Å². The fraction of sp³-hybridized carbons (Fsp3) is 0.500. The van der Waals surface area contributed by atoms with E-state index >= 15 is 0 Å². The third kappa shape index (κ3) is 2.28. The topological polar surface area (TPSA) is 22.1 Å². The standard InChI is InChI=1S/C10H10F3NO/c11-10(12,13)9-6-7(3-4-14-9)8-2-1-5-15-8/h3-4,6,8H,1-2,5H2. The Hall–Kier alpha value is -1.10. The van der Waals surface area contributed by atoms with Crippen molar-refractivity contribution in [2.75, 3.05) is 6.61 Å². The number of ether oxygens (including phenoxy) is 1. The molecule has 1 atom stereocenters. The van der Waals surface area contributed by atoms with E-state index in [0.29, 0.717) is 12.2 Å². The molecule has 0 N–H and O–H groups in total. The summed E-state index contributed by atoms with van der Waals surface area (Å²) >= 11 is 0. The fourth-order valence-corrected chi connectivity index (χ4v) is 1.64. The maximum atomic E-state index is 12.4. The zero-order valence-corrected chi connectivity index (χ0v) is 7.92. The molecule has 2 nitrogen and oxygen atoms in total. The summed E-state index contributed by atoms with van der Waals surface area (Å²) in [6.45, 7) is 0.619. The van der Waals surface area contributed by atoms with E-state index in [1.165, 1.54) is 6.20 Å². The van der Waals surface area contributed by atoms with Gasteiger partial charge < -0.3 is 4.74 Å². The number of hydrogen-bond acceptors (Lipinski definition) is 2. The van der Waals surface area contributed by atoms with Crippen LogP contribution in [0.1, 0.15) is 30.2 Å². The molecule has 15 heavy (non-hydrogen) atoms. The van der Waals surface area contributed by atoms with Crippen LogP contribution in [0.25, 0.3) is 0 Å². The average Bonchev–Trinajstić information content (AvgIpc) is 2.69. The highest BCUT2D eigenvalue weighted by atomic mass is 19.4. The van der Waals surface area contributed by atoms with Gasteiger partial charge in [0.2, 0.25) is 0 Å². The van der Waals surface area contributed by atoms with Gasteiger partial charge in [-0.25, -0.2) is 0 Å². The minimum absolute atomic E-state index is 0.200. The van der Waals surface area contributed by atoms with Gasteiger partial charge in [0, 0.05) is 12.8 Å². The summed E-state index contributed by atoms with van der Waals surface area (Å²) < 4.78 is 42.4. The number of halogens is 3. The summed E-state index contributed by atoms with van der Waals surface area (Å²) in [5.41, 5.74) is -0.287.